The second kappa shape index (κ2) is 6.21. The fourth-order valence-electron chi connectivity index (χ4n) is 2.02. The molecule has 3 atom stereocenters. The minimum Gasteiger partial charge on any atom is -0.468 e. The van der Waals surface area contributed by atoms with Crippen LogP contribution in [0.25, 0.3) is 0 Å². The van der Waals surface area contributed by atoms with E-state index in [1.165, 1.54) is 13.5 Å². The quantitative estimate of drug-likeness (QED) is 0.652. The van der Waals surface area contributed by atoms with E-state index in [0.717, 1.165) is 31.3 Å². The molecule has 0 radical (unpaired) electrons. The van der Waals surface area contributed by atoms with E-state index in [1.54, 1.807) is 7.05 Å². The van der Waals surface area contributed by atoms with Gasteiger partial charge in [0.15, 0.2) is 0 Å². The second-order valence-corrected chi connectivity index (χ2v) is 4.89. The molecule has 0 aromatic rings. The van der Waals surface area contributed by atoms with Crippen molar-refractivity contribution in [1.29, 1.82) is 0 Å². The number of ether oxygens (including phenoxy) is 1. The molecule has 0 aromatic carbocycles. The number of carbonyl (C=O) groups excluding carboxylic acids is 1. The van der Waals surface area contributed by atoms with Gasteiger partial charge in [0.25, 0.3) is 0 Å². The van der Waals surface area contributed by atoms with Gasteiger partial charge in [-0.1, -0.05) is 6.92 Å². The predicted octanol–water partition coefficient (Wildman–Crippen LogP) is 0.725. The molecule has 0 saturated heterocycles. The lowest BCUT2D eigenvalue weighted by Gasteiger charge is -2.20. The molecule has 4 nitrogen and oxygen atoms in total. The molecule has 0 bridgehead atoms. The maximum absolute atomic E-state index is 11.3. The van der Waals surface area contributed by atoms with Crippen molar-refractivity contribution in [2.24, 2.45) is 11.8 Å². The van der Waals surface area contributed by atoms with E-state index in [-0.39, 0.29) is 12.0 Å². The van der Waals surface area contributed by atoms with Gasteiger partial charge in [-0.25, -0.2) is 0 Å². The summed E-state index contributed by atoms with van der Waals surface area (Å²) in [5.74, 6) is 1.59. The molecule has 1 N–H and O–H groups in total. The maximum atomic E-state index is 11.3. The summed E-state index contributed by atoms with van der Waals surface area (Å²) in [4.78, 5) is 13.6. The molecule has 1 aliphatic rings. The van der Waals surface area contributed by atoms with E-state index in [1.807, 2.05) is 0 Å². The maximum Gasteiger partial charge on any atom is 0.322 e. The first-order chi connectivity index (χ1) is 7.58. The van der Waals surface area contributed by atoms with Crippen LogP contribution in [0.15, 0.2) is 0 Å². The zero-order chi connectivity index (χ0) is 12.1. The van der Waals surface area contributed by atoms with Crippen molar-refractivity contribution in [2.75, 3.05) is 34.3 Å². The van der Waals surface area contributed by atoms with E-state index in [4.69, 9.17) is 4.74 Å². The zero-order valence-corrected chi connectivity index (χ0v) is 10.8. The third kappa shape index (κ3) is 4.10. The van der Waals surface area contributed by atoms with Crippen molar-refractivity contribution >= 4 is 5.97 Å². The van der Waals surface area contributed by atoms with Crippen molar-refractivity contribution in [3.05, 3.63) is 0 Å². The average Bonchev–Trinajstić information content (AvgIpc) is 2.94. The highest BCUT2D eigenvalue weighted by molar-refractivity contribution is 5.75. The van der Waals surface area contributed by atoms with Crippen molar-refractivity contribution in [2.45, 2.75) is 25.8 Å². The van der Waals surface area contributed by atoms with Crippen LogP contribution in [0.5, 0.6) is 0 Å². The van der Waals surface area contributed by atoms with Gasteiger partial charge in [0, 0.05) is 6.54 Å². The Hall–Kier alpha value is -0.610. The molecule has 0 aliphatic heterocycles. The molecule has 3 unspecified atom stereocenters. The lowest BCUT2D eigenvalue weighted by molar-refractivity contribution is -0.143. The minimum atomic E-state index is -0.177. The Kier molecular flexibility index (Phi) is 5.22. The van der Waals surface area contributed by atoms with Crippen LogP contribution in [-0.2, 0) is 9.53 Å². The van der Waals surface area contributed by atoms with E-state index < -0.39 is 0 Å². The first-order valence-corrected chi connectivity index (χ1v) is 6.02. The van der Waals surface area contributed by atoms with Crippen molar-refractivity contribution in [3.63, 3.8) is 0 Å². The number of rotatable bonds is 7. The fraction of sp³-hybridized carbons (Fsp3) is 0.917. The van der Waals surface area contributed by atoms with Crippen molar-refractivity contribution in [3.8, 4) is 0 Å². The molecular formula is C12H24N2O2. The highest BCUT2D eigenvalue weighted by atomic mass is 16.5. The molecule has 16 heavy (non-hydrogen) atoms. The SMILES string of the molecule is CNC(CCN(C)CC1CC1C)C(=O)OC. The van der Waals surface area contributed by atoms with Crippen LogP contribution in [0.4, 0.5) is 0 Å². The van der Waals surface area contributed by atoms with Gasteiger partial charge in [0.1, 0.15) is 6.04 Å². The van der Waals surface area contributed by atoms with E-state index in [9.17, 15) is 4.79 Å². The molecule has 94 valence electrons. The Labute approximate surface area is 98.3 Å². The molecule has 0 aromatic heterocycles. The smallest absolute Gasteiger partial charge is 0.322 e. The molecule has 1 aliphatic carbocycles. The van der Waals surface area contributed by atoms with Crippen LogP contribution in [-0.4, -0.2) is 51.2 Å². The number of nitrogens with zero attached hydrogens (tertiary/aromatic N) is 1. The number of likely N-dealkylation sites (N-methyl/N-ethyl adjacent to an activating group) is 1. The predicted molar refractivity (Wildman–Crippen MR) is 64.2 cm³/mol. The van der Waals surface area contributed by atoms with E-state index in [0.29, 0.717) is 0 Å². The molecule has 0 amide bonds. The summed E-state index contributed by atoms with van der Waals surface area (Å²) in [7, 11) is 5.35. The molecule has 1 saturated carbocycles. The van der Waals surface area contributed by atoms with Crippen LogP contribution >= 0.6 is 0 Å². The first kappa shape index (κ1) is 13.5. The van der Waals surface area contributed by atoms with Crippen LogP contribution in [0, 0.1) is 11.8 Å². The molecule has 0 spiro atoms. The zero-order valence-electron chi connectivity index (χ0n) is 10.8. The van der Waals surface area contributed by atoms with E-state index in [2.05, 4.69) is 24.2 Å². The van der Waals surface area contributed by atoms with Gasteiger partial charge in [-0.05, 0) is 45.3 Å². The molecular weight excluding hydrogens is 204 g/mol. The summed E-state index contributed by atoms with van der Waals surface area (Å²) in [6.45, 7) is 4.38. The van der Waals surface area contributed by atoms with Crippen LogP contribution in [0.1, 0.15) is 19.8 Å². The highest BCUT2D eigenvalue weighted by Gasteiger charge is 2.33. The Balaban J connectivity index is 2.18. The van der Waals surface area contributed by atoms with Gasteiger partial charge >= 0.3 is 5.97 Å². The fourth-order valence-corrected chi connectivity index (χ4v) is 2.02. The Morgan fingerprint density at radius 2 is 2.25 bits per heavy atom. The molecule has 0 heterocycles. The average molecular weight is 228 g/mol. The standard InChI is InChI=1S/C12H24N2O2/c1-9-7-10(9)8-14(3)6-5-11(13-2)12(15)16-4/h9-11,13H,5-8H2,1-4H3. The van der Waals surface area contributed by atoms with Crippen LogP contribution < -0.4 is 5.32 Å². The van der Waals surface area contributed by atoms with Gasteiger partial charge in [-0.2, -0.15) is 0 Å². The largest absolute Gasteiger partial charge is 0.468 e. The Bertz CT molecular complexity index is 233. The van der Waals surface area contributed by atoms with Gasteiger partial charge in [-0.15, -0.1) is 0 Å². The normalized spacial score (nSPS) is 25.6. The number of methoxy groups -OCH3 is 1. The third-order valence-electron chi connectivity index (χ3n) is 3.46. The van der Waals surface area contributed by atoms with Gasteiger partial charge in [-0.3, -0.25) is 4.79 Å². The van der Waals surface area contributed by atoms with Gasteiger partial charge < -0.3 is 15.0 Å². The van der Waals surface area contributed by atoms with Crippen LogP contribution in [0.2, 0.25) is 0 Å². The Morgan fingerprint density at radius 3 is 2.69 bits per heavy atom. The summed E-state index contributed by atoms with van der Waals surface area (Å²) < 4.78 is 4.73. The summed E-state index contributed by atoms with van der Waals surface area (Å²) in [6.07, 6.45) is 2.16. The molecule has 4 heteroatoms. The third-order valence-corrected chi connectivity index (χ3v) is 3.46. The van der Waals surface area contributed by atoms with Crippen LogP contribution in [0.3, 0.4) is 0 Å². The lowest BCUT2D eigenvalue weighted by atomic mass is 10.2. The Morgan fingerprint density at radius 1 is 1.62 bits per heavy atom. The van der Waals surface area contributed by atoms with Crippen molar-refractivity contribution < 1.29 is 9.53 Å². The second-order valence-electron chi connectivity index (χ2n) is 4.89. The van der Waals surface area contributed by atoms with Crippen molar-refractivity contribution in [1.82, 2.24) is 10.2 Å². The minimum absolute atomic E-state index is 0.171. The summed E-state index contributed by atoms with van der Waals surface area (Å²) >= 11 is 0. The van der Waals surface area contributed by atoms with E-state index >= 15 is 0 Å². The van der Waals surface area contributed by atoms with Gasteiger partial charge in [0.2, 0.25) is 0 Å². The topological polar surface area (TPSA) is 41.6 Å². The number of hydrogen-bond acceptors (Lipinski definition) is 4. The molecule has 1 fully saturated rings. The summed E-state index contributed by atoms with van der Waals surface area (Å²) in [6, 6.07) is -0.177. The lowest BCUT2D eigenvalue weighted by Crippen LogP contribution is -2.38. The van der Waals surface area contributed by atoms with Gasteiger partial charge in [0.05, 0.1) is 7.11 Å². The number of carbonyl (C=O) groups is 1. The summed E-state index contributed by atoms with van der Waals surface area (Å²) in [5.41, 5.74) is 0. The molecule has 1 rings (SSSR count). The monoisotopic (exact) mass is 228 g/mol. The number of nitrogens with one attached hydrogen (secondary N) is 1. The first-order valence-electron chi connectivity index (χ1n) is 6.02. The highest BCUT2D eigenvalue weighted by Crippen LogP contribution is 2.37. The number of esters is 1. The summed E-state index contributed by atoms with van der Waals surface area (Å²) in [5, 5.41) is 2.98. The number of hydrogen-bond donors (Lipinski definition) is 1.